The summed E-state index contributed by atoms with van der Waals surface area (Å²) in [5, 5.41) is 0. The van der Waals surface area contributed by atoms with Gasteiger partial charge in [0.1, 0.15) is 0 Å². The number of hydrogen-bond donors (Lipinski definition) is 1. The zero-order valence-electron chi connectivity index (χ0n) is 14.6. The Balaban J connectivity index is 0.00000261. The van der Waals surface area contributed by atoms with Gasteiger partial charge in [-0.3, -0.25) is 9.62 Å². The van der Waals surface area contributed by atoms with Gasteiger partial charge in [-0.2, -0.15) is 0 Å². The lowest BCUT2D eigenvalue weighted by atomic mass is 9.98. The third-order valence-electron chi connectivity index (χ3n) is 4.83. The van der Waals surface area contributed by atoms with Crippen LogP contribution in [0.25, 0.3) is 0 Å². The van der Waals surface area contributed by atoms with Crippen molar-refractivity contribution in [1.29, 1.82) is 0 Å². The van der Waals surface area contributed by atoms with Crippen LogP contribution in [-0.4, -0.2) is 62.7 Å². The summed E-state index contributed by atoms with van der Waals surface area (Å²) in [5.41, 5.74) is 0.421. The lowest BCUT2D eigenvalue weighted by Crippen LogP contribution is -2.51. The molecule has 1 N–H and O–H groups in total. The van der Waals surface area contributed by atoms with Crippen LogP contribution in [0.4, 0.5) is 20.3 Å². The number of alkyl halides is 2. The maximum absolute atomic E-state index is 13.7. The maximum Gasteiger partial charge on any atom is 0.260 e. The standard InChI is InChI=1S/C16H23BrF2N4O2S.H2/c1-26(24,25)21-14-9-12(17)10-20-15(14)22-7-3-13(4-8-22)23-6-2-5-16(18,19)11-23;/h9-10,13,21H,2-8,11H2,1H3;1H. The molecular weight excluding hydrogens is 430 g/mol. The van der Waals surface area contributed by atoms with E-state index >= 15 is 0 Å². The van der Waals surface area contributed by atoms with Crippen molar-refractivity contribution in [2.75, 3.05) is 42.1 Å². The molecule has 0 radical (unpaired) electrons. The van der Waals surface area contributed by atoms with Gasteiger partial charge >= 0.3 is 0 Å². The zero-order valence-corrected chi connectivity index (χ0v) is 17.0. The number of nitrogens with zero attached hydrogens (tertiary/aromatic N) is 3. The topological polar surface area (TPSA) is 65.5 Å². The number of halogens is 3. The largest absolute Gasteiger partial charge is 0.355 e. The molecule has 0 aliphatic carbocycles. The molecule has 148 valence electrons. The quantitative estimate of drug-likeness (QED) is 0.756. The van der Waals surface area contributed by atoms with E-state index in [0.29, 0.717) is 35.5 Å². The molecule has 0 unspecified atom stereocenters. The number of aromatic nitrogens is 1. The predicted octanol–water partition coefficient (Wildman–Crippen LogP) is 3.16. The first-order chi connectivity index (χ1) is 12.1. The molecule has 2 aliphatic heterocycles. The molecule has 2 fully saturated rings. The van der Waals surface area contributed by atoms with Crippen molar-refractivity contribution < 1.29 is 18.6 Å². The minimum Gasteiger partial charge on any atom is -0.355 e. The van der Waals surface area contributed by atoms with Gasteiger partial charge in [0.05, 0.1) is 18.5 Å². The molecule has 3 rings (SSSR count). The molecule has 2 saturated heterocycles. The molecule has 26 heavy (non-hydrogen) atoms. The zero-order chi connectivity index (χ0) is 18.9. The van der Waals surface area contributed by atoms with Crippen molar-refractivity contribution in [2.45, 2.75) is 37.6 Å². The van der Waals surface area contributed by atoms with Gasteiger partial charge in [0.2, 0.25) is 10.0 Å². The summed E-state index contributed by atoms with van der Waals surface area (Å²) in [6, 6.07) is 1.82. The van der Waals surface area contributed by atoms with Crippen LogP contribution in [-0.2, 0) is 10.0 Å². The lowest BCUT2D eigenvalue weighted by molar-refractivity contribution is -0.0771. The van der Waals surface area contributed by atoms with Gasteiger partial charge < -0.3 is 4.90 Å². The average Bonchev–Trinajstić information content (AvgIpc) is 2.53. The highest BCUT2D eigenvalue weighted by molar-refractivity contribution is 9.10. The number of nitrogens with one attached hydrogen (secondary N) is 1. The van der Waals surface area contributed by atoms with E-state index in [1.54, 1.807) is 12.3 Å². The van der Waals surface area contributed by atoms with Crippen molar-refractivity contribution in [1.82, 2.24) is 9.88 Å². The van der Waals surface area contributed by atoms with Crippen LogP contribution in [0.3, 0.4) is 0 Å². The van der Waals surface area contributed by atoms with Crippen molar-refractivity contribution in [3.05, 3.63) is 16.7 Å². The average molecular weight is 455 g/mol. The Morgan fingerprint density at radius 3 is 2.65 bits per heavy atom. The van der Waals surface area contributed by atoms with Gasteiger partial charge in [-0.25, -0.2) is 22.2 Å². The van der Waals surface area contributed by atoms with Crippen molar-refractivity contribution in [2.24, 2.45) is 0 Å². The first-order valence-corrected chi connectivity index (χ1v) is 11.3. The number of piperidine rings is 2. The summed E-state index contributed by atoms with van der Waals surface area (Å²) in [4.78, 5) is 8.29. The van der Waals surface area contributed by atoms with Crippen LogP contribution in [0, 0.1) is 0 Å². The third-order valence-corrected chi connectivity index (χ3v) is 5.86. The van der Waals surface area contributed by atoms with Crippen molar-refractivity contribution >= 4 is 37.5 Å². The minimum absolute atomic E-state index is 0. The molecule has 1 aromatic heterocycles. The van der Waals surface area contributed by atoms with Gasteiger partial charge in [0.15, 0.2) is 5.82 Å². The molecule has 10 heteroatoms. The van der Waals surface area contributed by atoms with E-state index < -0.39 is 15.9 Å². The molecule has 0 bridgehead atoms. The summed E-state index contributed by atoms with van der Waals surface area (Å²) < 4.78 is 53.7. The maximum atomic E-state index is 13.7. The Hall–Kier alpha value is -1.00. The fourth-order valence-electron chi connectivity index (χ4n) is 3.71. The van der Waals surface area contributed by atoms with Gasteiger partial charge in [0.25, 0.3) is 5.92 Å². The predicted molar refractivity (Wildman–Crippen MR) is 104 cm³/mol. The molecule has 0 aromatic carbocycles. The number of anilines is 2. The second-order valence-corrected chi connectivity index (χ2v) is 9.71. The first kappa shape index (κ1) is 19.8. The second kappa shape index (κ2) is 7.55. The number of likely N-dealkylation sites (tertiary alicyclic amines) is 1. The van der Waals surface area contributed by atoms with E-state index in [-0.39, 0.29) is 20.4 Å². The lowest BCUT2D eigenvalue weighted by Gasteiger charge is -2.42. The summed E-state index contributed by atoms with van der Waals surface area (Å²) in [6.07, 6.45) is 4.74. The summed E-state index contributed by atoms with van der Waals surface area (Å²) in [6.45, 7) is 1.87. The second-order valence-electron chi connectivity index (χ2n) is 7.05. The van der Waals surface area contributed by atoms with Crippen molar-refractivity contribution in [3.63, 3.8) is 0 Å². The monoisotopic (exact) mass is 454 g/mol. The van der Waals surface area contributed by atoms with Crippen LogP contribution in [0.1, 0.15) is 27.1 Å². The van der Waals surface area contributed by atoms with Crippen molar-refractivity contribution in [3.8, 4) is 0 Å². The fraction of sp³-hybridized carbons (Fsp3) is 0.688. The molecule has 0 saturated carbocycles. The Bertz CT molecular complexity index is 761. The van der Waals surface area contributed by atoms with Gasteiger partial charge in [-0.15, -0.1) is 0 Å². The number of pyridine rings is 1. The van der Waals surface area contributed by atoms with Crippen LogP contribution in [0.2, 0.25) is 0 Å². The highest BCUT2D eigenvalue weighted by Gasteiger charge is 2.38. The highest BCUT2D eigenvalue weighted by Crippen LogP contribution is 2.33. The summed E-state index contributed by atoms with van der Waals surface area (Å²) in [5.74, 6) is -2.02. The molecule has 3 heterocycles. The molecule has 0 atom stereocenters. The van der Waals surface area contributed by atoms with Crippen LogP contribution < -0.4 is 9.62 Å². The minimum atomic E-state index is -3.43. The van der Waals surface area contributed by atoms with E-state index in [1.807, 2.05) is 9.80 Å². The first-order valence-electron chi connectivity index (χ1n) is 8.63. The Morgan fingerprint density at radius 2 is 2.04 bits per heavy atom. The normalized spacial score (nSPS) is 22.4. The fourth-order valence-corrected chi connectivity index (χ4v) is 4.59. The van der Waals surface area contributed by atoms with E-state index in [2.05, 4.69) is 25.6 Å². The summed E-state index contributed by atoms with van der Waals surface area (Å²) >= 11 is 3.31. The third kappa shape index (κ3) is 5.04. The highest BCUT2D eigenvalue weighted by atomic mass is 79.9. The molecular formula is C16H25BrF2N4O2S. The molecule has 0 spiro atoms. The van der Waals surface area contributed by atoms with E-state index in [1.165, 1.54) is 0 Å². The van der Waals surface area contributed by atoms with E-state index in [9.17, 15) is 17.2 Å². The SMILES string of the molecule is CS(=O)(=O)Nc1cc(Br)cnc1N1CCC(N2CCCC(F)(F)C2)CC1.[HH]. The Morgan fingerprint density at radius 1 is 1.35 bits per heavy atom. The van der Waals surface area contributed by atoms with Crippen LogP contribution >= 0.6 is 15.9 Å². The molecule has 6 nitrogen and oxygen atoms in total. The van der Waals surface area contributed by atoms with Gasteiger partial charge in [0, 0.05) is 37.6 Å². The number of hydrogen-bond acceptors (Lipinski definition) is 5. The summed E-state index contributed by atoms with van der Waals surface area (Å²) in [7, 11) is -3.43. The smallest absolute Gasteiger partial charge is 0.260 e. The Labute approximate surface area is 162 Å². The van der Waals surface area contributed by atoms with Crippen LogP contribution in [0.5, 0.6) is 0 Å². The molecule has 1 aromatic rings. The van der Waals surface area contributed by atoms with E-state index in [0.717, 1.165) is 25.6 Å². The number of sulfonamides is 1. The van der Waals surface area contributed by atoms with E-state index in [4.69, 9.17) is 0 Å². The number of rotatable bonds is 4. The van der Waals surface area contributed by atoms with Gasteiger partial charge in [-0.05, 0) is 47.8 Å². The van der Waals surface area contributed by atoms with Gasteiger partial charge in [-0.1, -0.05) is 0 Å². The van der Waals surface area contributed by atoms with Crippen LogP contribution in [0.15, 0.2) is 16.7 Å². The molecule has 0 amide bonds. The Kier molecular flexibility index (Phi) is 5.74. The molecule has 2 aliphatic rings.